The molecule has 0 atom stereocenters. The van der Waals surface area contributed by atoms with Crippen LogP contribution in [-0.4, -0.2) is 5.91 Å². The van der Waals surface area contributed by atoms with E-state index >= 15 is 0 Å². The van der Waals surface area contributed by atoms with Crippen LogP contribution >= 0.6 is 0 Å². The summed E-state index contributed by atoms with van der Waals surface area (Å²) in [5, 5.41) is 0. The molecule has 2 heteroatoms. The van der Waals surface area contributed by atoms with Crippen LogP contribution in [0.5, 0.6) is 0 Å². The molecular formula is C16H15NO. The number of allylic oxidation sites excluding steroid dienone is 1. The Hall–Kier alpha value is -2.35. The van der Waals surface area contributed by atoms with Gasteiger partial charge in [0.15, 0.2) is 0 Å². The van der Waals surface area contributed by atoms with Crippen molar-refractivity contribution in [3.63, 3.8) is 0 Å². The lowest BCUT2D eigenvalue weighted by molar-refractivity contribution is -0.113. The van der Waals surface area contributed by atoms with Crippen molar-refractivity contribution >= 4 is 17.3 Å². The van der Waals surface area contributed by atoms with Crippen molar-refractivity contribution in [2.75, 3.05) is 4.90 Å². The Morgan fingerprint density at radius 3 is 1.72 bits per heavy atom. The number of carbonyl (C=O) groups excluding carboxylic acids is 1. The summed E-state index contributed by atoms with van der Waals surface area (Å²) in [6, 6.07) is 19.3. The van der Waals surface area contributed by atoms with Crippen LogP contribution in [-0.2, 0) is 4.79 Å². The molecule has 0 N–H and O–H groups in total. The van der Waals surface area contributed by atoms with E-state index < -0.39 is 0 Å². The second kappa shape index (κ2) is 5.82. The van der Waals surface area contributed by atoms with E-state index in [0.717, 1.165) is 11.4 Å². The summed E-state index contributed by atoms with van der Waals surface area (Å²) >= 11 is 0. The minimum Gasteiger partial charge on any atom is -0.278 e. The van der Waals surface area contributed by atoms with Crippen molar-refractivity contribution in [1.82, 2.24) is 0 Å². The standard InChI is InChI=1S/C16H15NO/c1-2-9-16(18)17(14-10-5-3-6-11-14)15-12-7-4-8-13-15/h2-13H,1H3. The minimum atomic E-state index is -0.0464. The van der Waals surface area contributed by atoms with E-state index in [9.17, 15) is 4.79 Å². The van der Waals surface area contributed by atoms with Crippen LogP contribution in [0.2, 0.25) is 0 Å². The zero-order chi connectivity index (χ0) is 12.8. The first-order valence-corrected chi connectivity index (χ1v) is 5.90. The molecule has 0 saturated heterocycles. The van der Waals surface area contributed by atoms with Gasteiger partial charge in [0.25, 0.3) is 5.91 Å². The zero-order valence-corrected chi connectivity index (χ0v) is 10.3. The lowest BCUT2D eigenvalue weighted by Crippen LogP contribution is -2.23. The first-order valence-electron chi connectivity index (χ1n) is 5.90. The van der Waals surface area contributed by atoms with Gasteiger partial charge in [-0.25, -0.2) is 0 Å². The number of carbonyl (C=O) groups is 1. The van der Waals surface area contributed by atoms with Crippen LogP contribution in [0.15, 0.2) is 72.8 Å². The molecule has 0 aliphatic carbocycles. The topological polar surface area (TPSA) is 20.3 Å². The van der Waals surface area contributed by atoms with E-state index in [-0.39, 0.29) is 5.91 Å². The number of anilines is 2. The quantitative estimate of drug-likeness (QED) is 0.741. The third-order valence-electron chi connectivity index (χ3n) is 2.56. The van der Waals surface area contributed by atoms with Crippen molar-refractivity contribution < 1.29 is 4.79 Å². The lowest BCUT2D eigenvalue weighted by atomic mass is 10.2. The van der Waals surface area contributed by atoms with Crippen molar-refractivity contribution in [3.8, 4) is 0 Å². The first-order chi connectivity index (χ1) is 8.83. The van der Waals surface area contributed by atoms with E-state index in [1.807, 2.05) is 67.6 Å². The molecule has 0 aliphatic heterocycles. The molecule has 0 aliphatic rings. The number of nitrogens with zero attached hydrogens (tertiary/aromatic N) is 1. The maximum Gasteiger partial charge on any atom is 0.255 e. The van der Waals surface area contributed by atoms with Gasteiger partial charge in [0, 0.05) is 11.4 Å². The molecule has 0 unspecified atom stereocenters. The summed E-state index contributed by atoms with van der Waals surface area (Å²) in [4.78, 5) is 13.9. The van der Waals surface area contributed by atoms with E-state index in [1.165, 1.54) is 0 Å². The number of hydrogen-bond acceptors (Lipinski definition) is 1. The van der Waals surface area contributed by atoms with Crippen LogP contribution in [0.1, 0.15) is 6.92 Å². The molecule has 2 aromatic rings. The average molecular weight is 237 g/mol. The van der Waals surface area contributed by atoms with Crippen LogP contribution < -0.4 is 4.90 Å². The van der Waals surface area contributed by atoms with Gasteiger partial charge in [-0.2, -0.15) is 0 Å². The summed E-state index contributed by atoms with van der Waals surface area (Å²) in [5.41, 5.74) is 1.73. The highest BCUT2D eigenvalue weighted by molar-refractivity contribution is 6.06. The molecule has 1 amide bonds. The van der Waals surface area contributed by atoms with Gasteiger partial charge in [-0.05, 0) is 37.3 Å². The Balaban J connectivity index is 2.45. The Kier molecular flexibility index (Phi) is 3.92. The lowest BCUT2D eigenvalue weighted by Gasteiger charge is -2.21. The Morgan fingerprint density at radius 2 is 1.33 bits per heavy atom. The molecule has 0 heterocycles. The fraction of sp³-hybridized carbons (Fsp3) is 0.0625. The van der Waals surface area contributed by atoms with Gasteiger partial charge < -0.3 is 0 Å². The molecule has 0 bridgehead atoms. The molecular weight excluding hydrogens is 222 g/mol. The molecule has 2 aromatic carbocycles. The van der Waals surface area contributed by atoms with Gasteiger partial charge in [0.05, 0.1) is 0 Å². The molecule has 0 fully saturated rings. The molecule has 90 valence electrons. The van der Waals surface area contributed by atoms with Crippen molar-refractivity contribution in [1.29, 1.82) is 0 Å². The highest BCUT2D eigenvalue weighted by Crippen LogP contribution is 2.25. The fourth-order valence-corrected chi connectivity index (χ4v) is 1.77. The molecule has 18 heavy (non-hydrogen) atoms. The molecule has 2 rings (SSSR count). The van der Waals surface area contributed by atoms with E-state index in [0.29, 0.717) is 0 Å². The predicted octanol–water partition coefficient (Wildman–Crippen LogP) is 3.93. The average Bonchev–Trinajstić information content (AvgIpc) is 2.42. The second-order valence-electron chi connectivity index (χ2n) is 3.84. The number of rotatable bonds is 3. The van der Waals surface area contributed by atoms with E-state index in [4.69, 9.17) is 0 Å². The monoisotopic (exact) mass is 237 g/mol. The number of amides is 1. The summed E-state index contributed by atoms with van der Waals surface area (Å²) < 4.78 is 0. The zero-order valence-electron chi connectivity index (χ0n) is 10.3. The molecule has 2 nitrogen and oxygen atoms in total. The van der Waals surface area contributed by atoms with Gasteiger partial charge in [-0.15, -0.1) is 0 Å². The van der Waals surface area contributed by atoms with E-state index in [2.05, 4.69) is 0 Å². The van der Waals surface area contributed by atoms with Crippen molar-refractivity contribution in [3.05, 3.63) is 72.8 Å². The summed E-state index contributed by atoms with van der Waals surface area (Å²) in [5.74, 6) is -0.0464. The van der Waals surface area contributed by atoms with Gasteiger partial charge >= 0.3 is 0 Å². The highest BCUT2D eigenvalue weighted by Gasteiger charge is 2.14. The summed E-state index contributed by atoms with van der Waals surface area (Å²) in [6.45, 7) is 1.84. The third-order valence-corrected chi connectivity index (χ3v) is 2.56. The van der Waals surface area contributed by atoms with Crippen molar-refractivity contribution in [2.45, 2.75) is 6.92 Å². The van der Waals surface area contributed by atoms with E-state index in [1.54, 1.807) is 17.1 Å². The second-order valence-corrected chi connectivity index (χ2v) is 3.84. The highest BCUT2D eigenvalue weighted by atomic mass is 16.2. The Labute approximate surface area is 107 Å². The smallest absolute Gasteiger partial charge is 0.255 e. The first kappa shape index (κ1) is 12.1. The molecule has 0 spiro atoms. The predicted molar refractivity (Wildman–Crippen MR) is 74.8 cm³/mol. The largest absolute Gasteiger partial charge is 0.278 e. The van der Waals surface area contributed by atoms with Crippen LogP contribution in [0.3, 0.4) is 0 Å². The summed E-state index contributed by atoms with van der Waals surface area (Å²) in [6.07, 6.45) is 3.32. The summed E-state index contributed by atoms with van der Waals surface area (Å²) in [7, 11) is 0. The SMILES string of the molecule is CC=CC(=O)N(c1ccccc1)c1ccccc1. The number of hydrogen-bond donors (Lipinski definition) is 0. The fourth-order valence-electron chi connectivity index (χ4n) is 1.77. The number of benzene rings is 2. The van der Waals surface area contributed by atoms with Gasteiger partial charge in [-0.1, -0.05) is 42.5 Å². The third kappa shape index (κ3) is 2.66. The van der Waals surface area contributed by atoms with Gasteiger partial charge in [0.1, 0.15) is 0 Å². The Morgan fingerprint density at radius 1 is 0.889 bits per heavy atom. The normalized spacial score (nSPS) is 10.5. The maximum atomic E-state index is 12.2. The van der Waals surface area contributed by atoms with Crippen LogP contribution in [0.4, 0.5) is 11.4 Å². The molecule has 0 aromatic heterocycles. The maximum absolute atomic E-state index is 12.2. The Bertz CT molecular complexity index is 492. The minimum absolute atomic E-state index is 0.0464. The molecule has 0 radical (unpaired) electrons. The number of para-hydroxylation sites is 2. The van der Waals surface area contributed by atoms with Crippen LogP contribution in [0, 0.1) is 0 Å². The van der Waals surface area contributed by atoms with Crippen LogP contribution in [0.25, 0.3) is 0 Å². The van der Waals surface area contributed by atoms with Gasteiger partial charge in [-0.3, -0.25) is 9.69 Å². The van der Waals surface area contributed by atoms with Gasteiger partial charge in [0.2, 0.25) is 0 Å². The van der Waals surface area contributed by atoms with Crippen molar-refractivity contribution in [2.24, 2.45) is 0 Å². The molecule has 0 saturated carbocycles.